The summed E-state index contributed by atoms with van der Waals surface area (Å²) in [4.78, 5) is 53.2. The first-order chi connectivity index (χ1) is 28.9. The number of esters is 3. The minimum atomic E-state index is -0.689. The predicted octanol–water partition coefficient (Wildman–Crippen LogP) is 6.88. The molecule has 3 aromatic carbocycles. The minimum absolute atomic E-state index is 0.00157. The molecule has 6 rings (SSSR count). The third kappa shape index (κ3) is 9.14. The van der Waals surface area contributed by atoms with Gasteiger partial charge >= 0.3 is 23.5 Å². The van der Waals surface area contributed by atoms with Crippen molar-refractivity contribution in [3.63, 3.8) is 0 Å². The monoisotopic (exact) mass is 838 g/mol. The SMILES string of the molecule is COc1cc(-c2c3c4cc(OC)c(OC(=O)C[C@H](N)C(C)C)cc4oc(=O)c3n3ccc4cc(OC(=O)C[C@H](N)C(C)C)c(OC)cc4c23)ccc1OC(=O)C[C@H](N)C(C)C. The topological polar surface area (TPSA) is 219 Å². The zero-order valence-electron chi connectivity index (χ0n) is 36.0. The van der Waals surface area contributed by atoms with E-state index in [1.165, 1.54) is 27.4 Å². The molecule has 3 heterocycles. The second-order valence-electron chi connectivity index (χ2n) is 16.2. The van der Waals surface area contributed by atoms with E-state index in [1.807, 2.05) is 41.5 Å². The number of nitrogens with two attached hydrogens (primary N) is 3. The summed E-state index contributed by atoms with van der Waals surface area (Å²) in [5.41, 5.74) is 19.8. The van der Waals surface area contributed by atoms with Crippen LogP contribution in [-0.2, 0) is 14.4 Å². The number of rotatable bonds is 16. The predicted molar refractivity (Wildman–Crippen MR) is 233 cm³/mol. The van der Waals surface area contributed by atoms with Crippen molar-refractivity contribution in [1.82, 2.24) is 4.40 Å². The van der Waals surface area contributed by atoms with Crippen LogP contribution in [-0.4, -0.2) is 61.8 Å². The Labute approximate surface area is 352 Å². The molecular weight excluding hydrogens is 785 g/mol. The van der Waals surface area contributed by atoms with Crippen molar-refractivity contribution in [3.05, 3.63) is 65.1 Å². The standard InChI is InChI=1S/C46H54N4O11/c1-22(2)29(47)18-39(51)58-32-11-10-26(15-34(32)55-7)42-43-28-17-36(57-9)38(60-41(53)20-31(49)24(5)6)21-33(28)61-46(54)45(43)50-13-12-25-14-37(35(56-8)16-27(25)44(42)50)59-40(52)19-30(48)23(3)4/h10-17,21-24,29-31H,18-20,47-49H2,1-9H3/t29-,30-,31-/m0/s1. The first kappa shape index (κ1) is 44.4. The molecule has 6 aromatic rings. The Morgan fingerprint density at radius 3 is 1.57 bits per heavy atom. The van der Waals surface area contributed by atoms with Gasteiger partial charge in [0.1, 0.15) is 11.1 Å². The summed E-state index contributed by atoms with van der Waals surface area (Å²) in [5, 5.41) is 2.18. The lowest BCUT2D eigenvalue weighted by molar-refractivity contribution is -0.136. The smallest absolute Gasteiger partial charge is 0.361 e. The van der Waals surface area contributed by atoms with Crippen LogP contribution >= 0.6 is 0 Å². The molecule has 3 atom stereocenters. The first-order valence-electron chi connectivity index (χ1n) is 20.2. The van der Waals surface area contributed by atoms with Gasteiger partial charge in [0.05, 0.1) is 46.1 Å². The Hall–Kier alpha value is -6.16. The van der Waals surface area contributed by atoms with Gasteiger partial charge in [0.2, 0.25) is 0 Å². The summed E-state index contributed by atoms with van der Waals surface area (Å²) in [7, 11) is 4.35. The number of ether oxygens (including phenoxy) is 6. The lowest BCUT2D eigenvalue weighted by Gasteiger charge is -2.17. The zero-order chi connectivity index (χ0) is 44.4. The number of nitrogens with zero attached hydrogens (tertiary/aromatic N) is 1. The molecule has 0 radical (unpaired) electrons. The largest absolute Gasteiger partial charge is 0.493 e. The summed E-state index contributed by atoms with van der Waals surface area (Å²) < 4.78 is 42.2. The van der Waals surface area contributed by atoms with Crippen molar-refractivity contribution < 1.29 is 47.2 Å². The van der Waals surface area contributed by atoms with Gasteiger partial charge in [-0.25, -0.2) is 4.79 Å². The van der Waals surface area contributed by atoms with Crippen LogP contribution in [0.2, 0.25) is 0 Å². The Bertz CT molecular complexity index is 2700. The molecule has 0 saturated carbocycles. The lowest BCUT2D eigenvalue weighted by atomic mass is 9.97. The first-order valence-corrected chi connectivity index (χ1v) is 20.2. The van der Waals surface area contributed by atoms with Crippen LogP contribution in [0.4, 0.5) is 0 Å². The molecule has 3 aromatic heterocycles. The quantitative estimate of drug-likeness (QED) is 0.0514. The van der Waals surface area contributed by atoms with Crippen molar-refractivity contribution >= 4 is 56.1 Å². The third-order valence-corrected chi connectivity index (χ3v) is 11.0. The third-order valence-electron chi connectivity index (χ3n) is 11.0. The fourth-order valence-electron chi connectivity index (χ4n) is 6.95. The molecule has 0 aliphatic heterocycles. The fourth-order valence-corrected chi connectivity index (χ4v) is 6.95. The van der Waals surface area contributed by atoms with E-state index in [2.05, 4.69) is 0 Å². The van der Waals surface area contributed by atoms with E-state index in [0.717, 1.165) is 0 Å². The molecule has 0 spiro atoms. The molecule has 15 nitrogen and oxygen atoms in total. The zero-order valence-corrected chi connectivity index (χ0v) is 36.0. The number of aromatic nitrogens is 1. The fraction of sp³-hybridized carbons (Fsp3) is 0.391. The second kappa shape index (κ2) is 18.2. The van der Waals surface area contributed by atoms with E-state index in [9.17, 15) is 19.2 Å². The Balaban J connectivity index is 1.63. The highest BCUT2D eigenvalue weighted by atomic mass is 16.6. The van der Waals surface area contributed by atoms with Gasteiger partial charge in [-0.05, 0) is 65.1 Å². The van der Waals surface area contributed by atoms with Crippen molar-refractivity contribution in [1.29, 1.82) is 0 Å². The molecular formula is C46H54N4O11. The van der Waals surface area contributed by atoms with Gasteiger partial charge in [0.15, 0.2) is 34.5 Å². The summed E-state index contributed by atoms with van der Waals surface area (Å²) in [6.07, 6.45) is 1.67. The number of carbonyl (C=O) groups is 3. The summed E-state index contributed by atoms with van der Waals surface area (Å²) >= 11 is 0. The van der Waals surface area contributed by atoms with E-state index in [1.54, 1.807) is 53.1 Å². The molecule has 0 fully saturated rings. The highest BCUT2D eigenvalue weighted by molar-refractivity contribution is 6.22. The Morgan fingerprint density at radius 2 is 1.07 bits per heavy atom. The van der Waals surface area contributed by atoms with Crippen LogP contribution in [0, 0.1) is 17.8 Å². The average Bonchev–Trinajstić information content (AvgIpc) is 3.56. The van der Waals surface area contributed by atoms with Gasteiger partial charge < -0.3 is 54.4 Å². The van der Waals surface area contributed by atoms with Crippen molar-refractivity contribution in [2.45, 2.75) is 78.9 Å². The number of methoxy groups -OCH3 is 3. The highest BCUT2D eigenvalue weighted by Crippen LogP contribution is 2.46. The van der Waals surface area contributed by atoms with Crippen molar-refractivity contribution in [2.75, 3.05) is 21.3 Å². The lowest BCUT2D eigenvalue weighted by Crippen LogP contribution is -2.30. The number of pyridine rings is 1. The van der Waals surface area contributed by atoms with Gasteiger partial charge in [-0.1, -0.05) is 47.6 Å². The van der Waals surface area contributed by atoms with Gasteiger partial charge in [0, 0.05) is 52.1 Å². The Morgan fingerprint density at radius 1 is 0.590 bits per heavy atom. The van der Waals surface area contributed by atoms with E-state index in [0.29, 0.717) is 38.2 Å². The van der Waals surface area contributed by atoms with Gasteiger partial charge in [-0.3, -0.25) is 14.4 Å². The highest BCUT2D eigenvalue weighted by Gasteiger charge is 2.27. The maximum atomic E-state index is 14.2. The van der Waals surface area contributed by atoms with E-state index in [-0.39, 0.29) is 82.6 Å². The van der Waals surface area contributed by atoms with Crippen LogP contribution < -0.4 is 51.2 Å². The normalized spacial score (nSPS) is 13.3. The molecule has 0 saturated heterocycles. The number of benzene rings is 3. The minimum Gasteiger partial charge on any atom is -0.493 e. The summed E-state index contributed by atoms with van der Waals surface area (Å²) in [6.45, 7) is 11.5. The molecule has 0 aliphatic rings. The maximum Gasteiger partial charge on any atom is 0.361 e. The molecule has 324 valence electrons. The molecule has 61 heavy (non-hydrogen) atoms. The Kier molecular flexibility index (Phi) is 13.3. The number of fused-ring (bicyclic) bond motifs is 7. The van der Waals surface area contributed by atoms with Gasteiger partial charge in [-0.2, -0.15) is 0 Å². The van der Waals surface area contributed by atoms with Crippen LogP contribution in [0.15, 0.2) is 63.9 Å². The van der Waals surface area contributed by atoms with Gasteiger partial charge in [-0.15, -0.1) is 0 Å². The van der Waals surface area contributed by atoms with Gasteiger partial charge in [0.25, 0.3) is 0 Å². The number of carbonyl (C=O) groups excluding carboxylic acids is 3. The molecule has 0 aliphatic carbocycles. The summed E-state index contributed by atoms with van der Waals surface area (Å²) in [6, 6.07) is 12.1. The molecule has 0 unspecified atom stereocenters. The van der Waals surface area contributed by atoms with E-state index >= 15 is 0 Å². The number of hydrogen-bond donors (Lipinski definition) is 3. The maximum absolute atomic E-state index is 14.2. The molecule has 6 N–H and O–H groups in total. The molecule has 0 bridgehead atoms. The van der Waals surface area contributed by atoms with E-state index in [4.69, 9.17) is 50.0 Å². The van der Waals surface area contributed by atoms with Crippen LogP contribution in [0.3, 0.4) is 0 Å². The molecule has 0 amide bonds. The van der Waals surface area contributed by atoms with Crippen LogP contribution in [0.25, 0.3) is 49.3 Å². The number of hydrogen-bond acceptors (Lipinski definition) is 14. The average molecular weight is 839 g/mol. The van der Waals surface area contributed by atoms with Crippen molar-refractivity contribution in [2.24, 2.45) is 35.0 Å². The van der Waals surface area contributed by atoms with E-state index < -0.39 is 41.7 Å². The second-order valence-corrected chi connectivity index (χ2v) is 16.2. The molecule has 15 heteroatoms. The van der Waals surface area contributed by atoms with Crippen LogP contribution in [0.5, 0.6) is 34.5 Å². The van der Waals surface area contributed by atoms with Crippen molar-refractivity contribution in [3.8, 4) is 45.6 Å². The summed E-state index contributed by atoms with van der Waals surface area (Å²) in [5.74, 6) is -0.363. The van der Waals surface area contributed by atoms with Crippen LogP contribution in [0.1, 0.15) is 60.8 Å².